The molecule has 24 heavy (non-hydrogen) atoms. The number of aromatic amines is 2. The van der Waals surface area contributed by atoms with Gasteiger partial charge in [-0.1, -0.05) is 0 Å². The molecule has 1 aliphatic carbocycles. The molecule has 3 heterocycles. The lowest BCUT2D eigenvalue weighted by molar-refractivity contribution is 0.0604. The molecule has 1 saturated heterocycles. The Hall–Kier alpha value is -2.37. The first kappa shape index (κ1) is 15.2. The van der Waals surface area contributed by atoms with E-state index in [4.69, 9.17) is 0 Å². The normalized spacial score (nSPS) is 20.7. The van der Waals surface area contributed by atoms with Gasteiger partial charge in [0.25, 0.3) is 11.5 Å². The molecule has 0 spiro atoms. The molecule has 0 saturated carbocycles. The van der Waals surface area contributed by atoms with Crippen LogP contribution in [0.4, 0.5) is 0 Å². The van der Waals surface area contributed by atoms with Gasteiger partial charge in [-0.05, 0) is 62.6 Å². The highest BCUT2D eigenvalue weighted by Gasteiger charge is 2.31. The molecule has 6 heteroatoms. The fourth-order valence-electron chi connectivity index (χ4n) is 3.94. The van der Waals surface area contributed by atoms with E-state index in [-0.39, 0.29) is 23.1 Å². The SMILES string of the molecule is O=C(c1cc2c([nH]c1=O)CCCC2)N1CCCC[C@@H]1c1ccn[nH]1. The van der Waals surface area contributed by atoms with Crippen molar-refractivity contribution >= 4 is 5.91 Å². The summed E-state index contributed by atoms with van der Waals surface area (Å²) in [5.41, 5.74) is 3.10. The first-order valence-corrected chi connectivity index (χ1v) is 8.79. The van der Waals surface area contributed by atoms with Crippen LogP contribution in [0.1, 0.15) is 65.5 Å². The van der Waals surface area contributed by atoms with Crippen molar-refractivity contribution < 1.29 is 4.79 Å². The van der Waals surface area contributed by atoms with Crippen molar-refractivity contribution in [3.05, 3.63) is 51.2 Å². The summed E-state index contributed by atoms with van der Waals surface area (Å²) in [6.45, 7) is 0.680. The van der Waals surface area contributed by atoms with Crippen molar-refractivity contribution in [2.75, 3.05) is 6.54 Å². The van der Waals surface area contributed by atoms with Crippen LogP contribution in [0, 0.1) is 0 Å². The molecule has 126 valence electrons. The highest BCUT2D eigenvalue weighted by Crippen LogP contribution is 2.31. The number of hydrogen-bond donors (Lipinski definition) is 2. The van der Waals surface area contributed by atoms with Gasteiger partial charge in [-0.25, -0.2) is 0 Å². The molecule has 1 fully saturated rings. The molecule has 2 aromatic heterocycles. The number of fused-ring (bicyclic) bond motifs is 1. The smallest absolute Gasteiger partial charge is 0.261 e. The number of carbonyl (C=O) groups is 1. The molecule has 2 N–H and O–H groups in total. The zero-order valence-corrected chi connectivity index (χ0v) is 13.7. The quantitative estimate of drug-likeness (QED) is 0.889. The van der Waals surface area contributed by atoms with Crippen LogP contribution in [-0.2, 0) is 12.8 Å². The standard InChI is InChI=1S/C18H22N4O2/c23-17-13(11-12-5-1-2-6-14(12)20-17)18(24)22-10-4-3-7-16(22)15-8-9-19-21-15/h8-9,11,16H,1-7,10H2,(H,19,21)(H,20,23)/t16-/m1/s1. The van der Waals surface area contributed by atoms with E-state index >= 15 is 0 Å². The van der Waals surface area contributed by atoms with E-state index in [0.717, 1.165) is 61.9 Å². The Bertz CT molecular complexity index is 794. The minimum Gasteiger partial charge on any atom is -0.330 e. The number of aromatic nitrogens is 3. The van der Waals surface area contributed by atoms with Gasteiger partial charge in [0.05, 0.1) is 11.7 Å². The van der Waals surface area contributed by atoms with E-state index in [9.17, 15) is 9.59 Å². The summed E-state index contributed by atoms with van der Waals surface area (Å²) in [5.74, 6) is -0.163. The maximum Gasteiger partial charge on any atom is 0.261 e. The number of aryl methyl sites for hydroxylation is 2. The molecular weight excluding hydrogens is 304 g/mol. The molecule has 1 atom stereocenters. The van der Waals surface area contributed by atoms with E-state index in [0.29, 0.717) is 6.54 Å². The van der Waals surface area contributed by atoms with Crippen LogP contribution in [0.5, 0.6) is 0 Å². The summed E-state index contributed by atoms with van der Waals surface area (Å²) in [7, 11) is 0. The van der Waals surface area contributed by atoms with Crippen molar-refractivity contribution in [2.45, 2.75) is 51.0 Å². The molecular formula is C18H22N4O2. The third kappa shape index (κ3) is 2.66. The first-order valence-electron chi connectivity index (χ1n) is 8.79. The molecule has 6 nitrogen and oxygen atoms in total. The van der Waals surface area contributed by atoms with Crippen LogP contribution in [0.15, 0.2) is 23.1 Å². The predicted octanol–water partition coefficient (Wildman–Crippen LogP) is 2.34. The third-order valence-corrected chi connectivity index (χ3v) is 5.21. The fourth-order valence-corrected chi connectivity index (χ4v) is 3.94. The number of pyridine rings is 1. The number of hydrogen-bond acceptors (Lipinski definition) is 3. The largest absolute Gasteiger partial charge is 0.330 e. The Kier molecular flexibility index (Phi) is 3.96. The molecule has 1 amide bonds. The van der Waals surface area contributed by atoms with Crippen LogP contribution >= 0.6 is 0 Å². The highest BCUT2D eigenvalue weighted by molar-refractivity contribution is 5.94. The van der Waals surface area contributed by atoms with Gasteiger partial charge in [0.2, 0.25) is 0 Å². The van der Waals surface area contributed by atoms with Gasteiger partial charge in [-0.3, -0.25) is 14.7 Å². The van der Waals surface area contributed by atoms with Gasteiger partial charge in [-0.2, -0.15) is 5.10 Å². The second-order valence-electron chi connectivity index (χ2n) is 6.75. The molecule has 4 rings (SSSR count). The number of H-pyrrole nitrogens is 2. The van der Waals surface area contributed by atoms with Gasteiger partial charge in [0.1, 0.15) is 5.56 Å². The maximum absolute atomic E-state index is 13.1. The van der Waals surface area contributed by atoms with E-state index in [1.165, 1.54) is 0 Å². The zero-order valence-electron chi connectivity index (χ0n) is 13.7. The molecule has 2 aliphatic rings. The van der Waals surface area contributed by atoms with E-state index in [1.54, 1.807) is 6.20 Å². The monoisotopic (exact) mass is 326 g/mol. The number of nitrogens with one attached hydrogen (secondary N) is 2. The lowest BCUT2D eigenvalue weighted by atomic mass is 9.94. The molecule has 0 unspecified atom stereocenters. The Morgan fingerprint density at radius 1 is 1.21 bits per heavy atom. The van der Waals surface area contributed by atoms with Crippen molar-refractivity contribution in [3.63, 3.8) is 0 Å². The lowest BCUT2D eigenvalue weighted by Crippen LogP contribution is -2.41. The number of amides is 1. The van der Waals surface area contributed by atoms with Gasteiger partial charge in [0.15, 0.2) is 0 Å². The van der Waals surface area contributed by atoms with E-state index in [1.807, 2.05) is 17.0 Å². The van der Waals surface area contributed by atoms with E-state index in [2.05, 4.69) is 15.2 Å². The topological polar surface area (TPSA) is 81.8 Å². The fraction of sp³-hybridized carbons (Fsp3) is 0.500. The molecule has 0 radical (unpaired) electrons. The Labute approximate surface area is 140 Å². The van der Waals surface area contributed by atoms with Crippen molar-refractivity contribution in [2.24, 2.45) is 0 Å². The van der Waals surface area contributed by atoms with Crippen molar-refractivity contribution in [3.8, 4) is 0 Å². The second kappa shape index (κ2) is 6.26. The van der Waals surface area contributed by atoms with Crippen LogP contribution < -0.4 is 5.56 Å². The number of carbonyl (C=O) groups excluding carboxylic acids is 1. The van der Waals surface area contributed by atoms with Crippen LogP contribution in [0.2, 0.25) is 0 Å². The molecule has 2 aromatic rings. The first-order chi connectivity index (χ1) is 11.7. The Morgan fingerprint density at radius 3 is 2.92 bits per heavy atom. The zero-order chi connectivity index (χ0) is 16.5. The van der Waals surface area contributed by atoms with Crippen molar-refractivity contribution in [1.29, 1.82) is 0 Å². The summed E-state index contributed by atoms with van der Waals surface area (Å²) in [6.07, 6.45) is 8.72. The van der Waals surface area contributed by atoms with E-state index < -0.39 is 0 Å². The Balaban J connectivity index is 1.68. The maximum atomic E-state index is 13.1. The number of piperidine rings is 1. The van der Waals surface area contributed by atoms with Gasteiger partial charge < -0.3 is 9.88 Å². The summed E-state index contributed by atoms with van der Waals surface area (Å²) in [6, 6.07) is 3.71. The second-order valence-corrected chi connectivity index (χ2v) is 6.75. The van der Waals surface area contributed by atoms with Gasteiger partial charge in [0, 0.05) is 18.4 Å². The minimum absolute atomic E-state index is 0.0239. The average Bonchev–Trinajstić information content (AvgIpc) is 3.15. The number of rotatable bonds is 2. The van der Waals surface area contributed by atoms with Crippen LogP contribution in [-0.4, -0.2) is 32.5 Å². The summed E-state index contributed by atoms with van der Waals surface area (Å²) in [4.78, 5) is 30.3. The lowest BCUT2D eigenvalue weighted by Gasteiger charge is -2.35. The molecule has 0 bridgehead atoms. The van der Waals surface area contributed by atoms with Crippen LogP contribution in [0.3, 0.4) is 0 Å². The number of likely N-dealkylation sites (tertiary alicyclic amines) is 1. The molecule has 1 aliphatic heterocycles. The average molecular weight is 326 g/mol. The summed E-state index contributed by atoms with van der Waals surface area (Å²) >= 11 is 0. The predicted molar refractivity (Wildman–Crippen MR) is 89.9 cm³/mol. The summed E-state index contributed by atoms with van der Waals surface area (Å²) < 4.78 is 0. The molecule has 0 aromatic carbocycles. The Morgan fingerprint density at radius 2 is 2.08 bits per heavy atom. The highest BCUT2D eigenvalue weighted by atomic mass is 16.2. The summed E-state index contributed by atoms with van der Waals surface area (Å²) in [5, 5.41) is 6.99. The third-order valence-electron chi connectivity index (χ3n) is 5.21. The van der Waals surface area contributed by atoms with Gasteiger partial charge in [-0.15, -0.1) is 0 Å². The van der Waals surface area contributed by atoms with Gasteiger partial charge >= 0.3 is 0 Å². The van der Waals surface area contributed by atoms with Crippen molar-refractivity contribution in [1.82, 2.24) is 20.1 Å². The van der Waals surface area contributed by atoms with Crippen LogP contribution in [0.25, 0.3) is 0 Å². The minimum atomic E-state index is -0.255. The number of nitrogens with zero attached hydrogens (tertiary/aromatic N) is 2.